The van der Waals surface area contributed by atoms with Gasteiger partial charge in [0, 0.05) is 41.2 Å². The Morgan fingerprint density at radius 3 is 2.58 bits per heavy atom. The number of nitrogens with zero attached hydrogens (tertiary/aromatic N) is 4. The fourth-order valence-corrected chi connectivity index (χ4v) is 5.06. The molecule has 162 valence electrons. The molecule has 2 aliphatic heterocycles. The highest BCUT2D eigenvalue weighted by molar-refractivity contribution is 5.88. The topological polar surface area (TPSA) is 62.5 Å². The van der Waals surface area contributed by atoms with Crippen LogP contribution < -0.4 is 0 Å². The van der Waals surface area contributed by atoms with Crippen LogP contribution in [-0.4, -0.2) is 64.8 Å². The van der Waals surface area contributed by atoms with Crippen LogP contribution in [0.5, 0.6) is 0 Å². The predicted molar refractivity (Wildman–Crippen MR) is 121 cm³/mol. The van der Waals surface area contributed by atoms with Gasteiger partial charge in [-0.2, -0.15) is 0 Å². The molecular formula is C25H30N4O2. The molecule has 31 heavy (non-hydrogen) atoms. The lowest BCUT2D eigenvalue weighted by Crippen LogP contribution is -2.47. The van der Waals surface area contributed by atoms with Gasteiger partial charge in [-0.3, -0.25) is 9.78 Å². The summed E-state index contributed by atoms with van der Waals surface area (Å²) in [5.74, 6) is 1.24. The lowest BCUT2D eigenvalue weighted by molar-refractivity contribution is -0.124. The van der Waals surface area contributed by atoms with Crippen LogP contribution in [0.15, 0.2) is 47.5 Å². The summed E-state index contributed by atoms with van der Waals surface area (Å²) < 4.78 is 5.41. The molecule has 2 fully saturated rings. The Kier molecular flexibility index (Phi) is 5.83. The molecule has 0 saturated carbocycles. The van der Waals surface area contributed by atoms with Gasteiger partial charge in [0.15, 0.2) is 12.2 Å². The first kappa shape index (κ1) is 20.3. The first-order valence-corrected chi connectivity index (χ1v) is 11.4. The minimum atomic E-state index is 0.167. The van der Waals surface area contributed by atoms with Crippen molar-refractivity contribution in [2.45, 2.75) is 38.1 Å². The zero-order valence-electron chi connectivity index (χ0n) is 18.2. The molecule has 5 rings (SSSR count). The Bertz CT molecular complexity index is 1030. The fraction of sp³-hybridized carbons (Fsp3) is 0.480. The summed E-state index contributed by atoms with van der Waals surface area (Å²) in [5.41, 5.74) is 1.83. The number of carbonyl (C=O) groups is 1. The number of carbonyl (C=O) groups excluding carboxylic acids is 1. The highest BCUT2D eigenvalue weighted by Crippen LogP contribution is 2.27. The van der Waals surface area contributed by atoms with E-state index >= 15 is 0 Å². The number of Topliss-reactive ketones (excluding diaryl/α,β-unsaturated/α-hetero) is 1. The number of benzene rings is 1. The molecule has 0 bridgehead atoms. The molecule has 4 heterocycles. The number of hydrogen-bond donors (Lipinski definition) is 0. The van der Waals surface area contributed by atoms with Crippen molar-refractivity contribution >= 4 is 16.6 Å². The molecule has 6 nitrogen and oxygen atoms in total. The van der Waals surface area contributed by atoms with Gasteiger partial charge in [-0.15, -0.1) is 0 Å². The highest BCUT2D eigenvalue weighted by atomic mass is 16.3. The maximum atomic E-state index is 13.0. The highest BCUT2D eigenvalue weighted by Gasteiger charge is 2.30. The van der Waals surface area contributed by atoms with Crippen LogP contribution in [0.2, 0.25) is 0 Å². The van der Waals surface area contributed by atoms with Crippen LogP contribution in [0.3, 0.4) is 0 Å². The van der Waals surface area contributed by atoms with Gasteiger partial charge in [0.2, 0.25) is 0 Å². The van der Waals surface area contributed by atoms with Crippen molar-refractivity contribution in [3.63, 3.8) is 0 Å². The van der Waals surface area contributed by atoms with Crippen LogP contribution in [0.1, 0.15) is 31.4 Å². The van der Waals surface area contributed by atoms with Gasteiger partial charge in [0.1, 0.15) is 5.78 Å². The van der Waals surface area contributed by atoms with E-state index in [9.17, 15) is 4.79 Å². The second-order valence-corrected chi connectivity index (χ2v) is 9.09. The summed E-state index contributed by atoms with van der Waals surface area (Å²) in [6.45, 7) is 4.48. The number of rotatable bonds is 5. The van der Waals surface area contributed by atoms with Crippen molar-refractivity contribution in [2.75, 3.05) is 33.2 Å². The molecule has 0 spiro atoms. The summed E-state index contributed by atoms with van der Waals surface area (Å²) in [4.78, 5) is 26.6. The number of fused-ring (bicyclic) bond motifs is 1. The maximum Gasteiger partial charge on any atom is 0.181 e. The van der Waals surface area contributed by atoms with E-state index in [0.29, 0.717) is 18.2 Å². The van der Waals surface area contributed by atoms with E-state index in [2.05, 4.69) is 32.9 Å². The zero-order chi connectivity index (χ0) is 21.2. The van der Waals surface area contributed by atoms with Crippen molar-refractivity contribution in [2.24, 2.45) is 5.92 Å². The Balaban J connectivity index is 1.21. The molecule has 6 heteroatoms. The number of aromatic nitrogens is 2. The minimum absolute atomic E-state index is 0.167. The molecule has 0 radical (unpaired) electrons. The van der Waals surface area contributed by atoms with Crippen LogP contribution >= 0.6 is 0 Å². The van der Waals surface area contributed by atoms with E-state index in [1.54, 1.807) is 6.20 Å². The molecule has 2 aromatic heterocycles. The molecule has 3 aromatic rings. The third kappa shape index (κ3) is 4.55. The van der Waals surface area contributed by atoms with E-state index in [1.807, 2.05) is 24.4 Å². The third-order valence-corrected chi connectivity index (χ3v) is 7.04. The number of hydrogen-bond acceptors (Lipinski definition) is 6. The SMILES string of the molecule is CN1CCC(N2CCC(C(=O)Cc3cc4cc(-c5cnco5)ccc4cn3)CC2)CC1. The summed E-state index contributed by atoms with van der Waals surface area (Å²) in [6.07, 6.45) is 9.91. The summed E-state index contributed by atoms with van der Waals surface area (Å²) in [6, 6.07) is 8.86. The largest absolute Gasteiger partial charge is 0.444 e. The maximum absolute atomic E-state index is 13.0. The monoisotopic (exact) mass is 418 g/mol. The standard InChI is InChI=1S/C25H30N4O2/c1-28-8-6-23(7-9-28)29-10-4-18(5-11-29)24(30)14-22-13-21-12-19(25-16-26-17-31-25)2-3-20(21)15-27-22/h2-3,12-13,15-18,23H,4-11,14H2,1H3. The summed E-state index contributed by atoms with van der Waals surface area (Å²) >= 11 is 0. The van der Waals surface area contributed by atoms with Crippen molar-refractivity contribution < 1.29 is 9.21 Å². The molecule has 2 saturated heterocycles. The van der Waals surface area contributed by atoms with E-state index in [0.717, 1.165) is 53.7 Å². The van der Waals surface area contributed by atoms with Crippen LogP contribution in [0, 0.1) is 5.92 Å². The number of oxazole rings is 1. The van der Waals surface area contributed by atoms with Gasteiger partial charge in [0.05, 0.1) is 6.20 Å². The molecule has 0 N–H and O–H groups in total. The van der Waals surface area contributed by atoms with Crippen molar-refractivity contribution in [3.8, 4) is 11.3 Å². The lowest BCUT2D eigenvalue weighted by atomic mass is 9.88. The lowest BCUT2D eigenvalue weighted by Gasteiger charge is -2.40. The van der Waals surface area contributed by atoms with E-state index in [1.165, 1.54) is 32.3 Å². The molecule has 2 aliphatic rings. The first-order chi connectivity index (χ1) is 15.2. The van der Waals surface area contributed by atoms with Crippen molar-refractivity contribution in [1.82, 2.24) is 19.8 Å². The molecule has 0 aliphatic carbocycles. The van der Waals surface area contributed by atoms with Gasteiger partial charge in [-0.1, -0.05) is 12.1 Å². The van der Waals surface area contributed by atoms with Crippen LogP contribution in [0.25, 0.3) is 22.1 Å². The van der Waals surface area contributed by atoms with E-state index < -0.39 is 0 Å². The molecular weight excluding hydrogens is 388 g/mol. The molecule has 0 amide bonds. The molecule has 1 aromatic carbocycles. The average molecular weight is 419 g/mol. The molecule has 0 unspecified atom stereocenters. The normalized spacial score (nSPS) is 19.8. The second kappa shape index (κ2) is 8.89. The average Bonchev–Trinajstić information content (AvgIpc) is 3.34. The summed E-state index contributed by atoms with van der Waals surface area (Å²) in [7, 11) is 2.21. The van der Waals surface area contributed by atoms with Gasteiger partial charge in [-0.25, -0.2) is 4.98 Å². The van der Waals surface area contributed by atoms with Gasteiger partial charge >= 0.3 is 0 Å². The first-order valence-electron chi connectivity index (χ1n) is 11.4. The third-order valence-electron chi connectivity index (χ3n) is 7.04. The fourth-order valence-electron chi connectivity index (χ4n) is 5.06. The van der Waals surface area contributed by atoms with Crippen molar-refractivity contribution in [1.29, 1.82) is 0 Å². The summed E-state index contributed by atoms with van der Waals surface area (Å²) in [5, 5.41) is 2.13. The second-order valence-electron chi connectivity index (χ2n) is 9.09. The Labute approximate surface area is 183 Å². The van der Waals surface area contributed by atoms with Gasteiger partial charge in [-0.05, 0) is 76.4 Å². The zero-order valence-corrected chi connectivity index (χ0v) is 18.2. The predicted octanol–water partition coefficient (Wildman–Crippen LogP) is 3.81. The Hall–Kier alpha value is -2.57. The Morgan fingerprint density at radius 2 is 1.84 bits per heavy atom. The molecule has 0 atom stereocenters. The van der Waals surface area contributed by atoms with Crippen molar-refractivity contribution in [3.05, 3.63) is 48.7 Å². The Morgan fingerprint density at radius 1 is 1.03 bits per heavy atom. The number of likely N-dealkylation sites (tertiary alicyclic amines) is 2. The minimum Gasteiger partial charge on any atom is -0.444 e. The van der Waals surface area contributed by atoms with E-state index in [4.69, 9.17) is 4.42 Å². The van der Waals surface area contributed by atoms with Crippen LogP contribution in [0.4, 0.5) is 0 Å². The van der Waals surface area contributed by atoms with Gasteiger partial charge < -0.3 is 14.2 Å². The van der Waals surface area contributed by atoms with E-state index in [-0.39, 0.29) is 5.92 Å². The number of ketones is 1. The number of piperidine rings is 2. The van der Waals surface area contributed by atoms with Gasteiger partial charge in [0.25, 0.3) is 0 Å². The van der Waals surface area contributed by atoms with Crippen LogP contribution in [-0.2, 0) is 11.2 Å². The smallest absolute Gasteiger partial charge is 0.181 e. The quantitative estimate of drug-likeness (QED) is 0.628. The number of pyridine rings is 1.